The molecule has 0 aliphatic rings. The fourth-order valence-electron chi connectivity index (χ4n) is 3.29. The van der Waals surface area contributed by atoms with Crippen LogP contribution in [0, 0.1) is 23.3 Å². The van der Waals surface area contributed by atoms with Gasteiger partial charge in [0, 0.05) is 24.5 Å². The number of amides is 1. The van der Waals surface area contributed by atoms with Crippen LogP contribution in [0.2, 0.25) is 0 Å². The van der Waals surface area contributed by atoms with Gasteiger partial charge in [0.05, 0.1) is 28.9 Å². The molecule has 1 aromatic carbocycles. The molecule has 12 heteroatoms. The van der Waals surface area contributed by atoms with Crippen LogP contribution in [0.15, 0.2) is 54.3 Å². The number of thiophene rings is 1. The van der Waals surface area contributed by atoms with E-state index in [0.717, 1.165) is 15.3 Å². The lowest BCUT2D eigenvalue weighted by molar-refractivity contribution is 0.102. The van der Waals surface area contributed by atoms with Crippen molar-refractivity contribution in [2.24, 2.45) is 0 Å². The number of hydrogen-bond donors (Lipinski definition) is 1. The smallest absolute Gasteiger partial charge is 0.262 e. The Morgan fingerprint density at radius 1 is 1.09 bits per heavy atom. The fraction of sp³-hybridized carbons (Fsp3) is 0.0476. The summed E-state index contributed by atoms with van der Waals surface area (Å²) in [5.74, 6) is -6.52. The van der Waals surface area contributed by atoms with Gasteiger partial charge in [0.1, 0.15) is 5.56 Å². The molecule has 4 heterocycles. The third kappa shape index (κ3) is 3.74. The Hall–Kier alpha value is -4.06. The third-order valence-electron chi connectivity index (χ3n) is 4.82. The molecular formula is C21H12F4N6OS. The zero-order valence-corrected chi connectivity index (χ0v) is 17.3. The van der Waals surface area contributed by atoms with Gasteiger partial charge in [-0.15, -0.1) is 11.3 Å². The van der Waals surface area contributed by atoms with Crippen LogP contribution >= 0.6 is 11.3 Å². The number of benzene rings is 1. The van der Waals surface area contributed by atoms with Gasteiger partial charge in [0.15, 0.2) is 34.7 Å². The van der Waals surface area contributed by atoms with Crippen molar-refractivity contribution in [3.63, 3.8) is 0 Å². The molecule has 0 radical (unpaired) electrons. The first-order valence-electron chi connectivity index (χ1n) is 9.45. The molecule has 0 atom stereocenters. The minimum Gasteiger partial charge on any atom is -0.305 e. The third-order valence-corrected chi connectivity index (χ3v) is 5.72. The maximum atomic E-state index is 13.9. The number of carbonyl (C=O) groups excluding carboxylic acids is 1. The SMILES string of the molecule is O=C(Nc1ccn(Cc2c(F)c(F)cc(F)c2F)n1)c1cnn2c(-c3cccs3)ccnc12. The maximum absolute atomic E-state index is 13.9. The Morgan fingerprint density at radius 3 is 2.61 bits per heavy atom. The highest BCUT2D eigenvalue weighted by atomic mass is 32.1. The van der Waals surface area contributed by atoms with E-state index in [2.05, 4.69) is 20.5 Å². The van der Waals surface area contributed by atoms with Gasteiger partial charge in [0.2, 0.25) is 0 Å². The normalized spacial score (nSPS) is 11.3. The largest absolute Gasteiger partial charge is 0.305 e. The van der Waals surface area contributed by atoms with E-state index in [0.29, 0.717) is 5.65 Å². The van der Waals surface area contributed by atoms with Crippen molar-refractivity contribution in [2.45, 2.75) is 6.54 Å². The average Bonchev–Trinajstić information content (AvgIpc) is 3.56. The van der Waals surface area contributed by atoms with Gasteiger partial charge in [-0.2, -0.15) is 10.2 Å². The van der Waals surface area contributed by atoms with Gasteiger partial charge in [-0.1, -0.05) is 6.07 Å². The Labute approximate surface area is 186 Å². The highest BCUT2D eigenvalue weighted by Gasteiger charge is 2.21. The van der Waals surface area contributed by atoms with E-state index in [9.17, 15) is 22.4 Å². The van der Waals surface area contributed by atoms with Crippen molar-refractivity contribution in [3.05, 3.63) is 88.7 Å². The number of hydrogen-bond acceptors (Lipinski definition) is 5. The van der Waals surface area contributed by atoms with Crippen molar-refractivity contribution in [3.8, 4) is 10.6 Å². The first-order chi connectivity index (χ1) is 15.9. The topological polar surface area (TPSA) is 77.1 Å². The molecule has 0 saturated heterocycles. The minimum atomic E-state index is -1.51. The fourth-order valence-corrected chi connectivity index (χ4v) is 4.02. The molecule has 5 rings (SSSR count). The lowest BCUT2D eigenvalue weighted by Crippen LogP contribution is -2.14. The molecule has 4 aromatic heterocycles. The second kappa shape index (κ2) is 8.13. The molecular weight excluding hydrogens is 460 g/mol. The molecule has 0 aliphatic carbocycles. The van der Waals surface area contributed by atoms with Crippen LogP contribution in [-0.2, 0) is 6.54 Å². The standard InChI is InChI=1S/C21H12F4N6OS/c22-13-8-14(23)19(25)12(18(13)24)10-30-6-4-17(29-30)28-21(32)11-9-27-31-15(3-5-26-20(11)31)16-2-1-7-33-16/h1-9H,10H2,(H,28,29,32). The molecule has 1 N–H and O–H groups in total. The van der Waals surface area contributed by atoms with E-state index in [1.54, 1.807) is 16.8 Å². The summed E-state index contributed by atoms with van der Waals surface area (Å²) in [7, 11) is 0. The van der Waals surface area contributed by atoms with Gasteiger partial charge in [-0.25, -0.2) is 27.1 Å². The second-order valence-corrected chi connectivity index (χ2v) is 7.85. The van der Waals surface area contributed by atoms with Crippen LogP contribution in [0.1, 0.15) is 15.9 Å². The molecule has 0 fully saturated rings. The van der Waals surface area contributed by atoms with Gasteiger partial charge in [-0.05, 0) is 17.5 Å². The van der Waals surface area contributed by atoms with Gasteiger partial charge >= 0.3 is 0 Å². The maximum Gasteiger partial charge on any atom is 0.262 e. The monoisotopic (exact) mass is 472 g/mol. The van der Waals surface area contributed by atoms with Gasteiger partial charge in [0.25, 0.3) is 5.91 Å². The number of rotatable bonds is 5. The summed E-state index contributed by atoms with van der Waals surface area (Å²) in [6.07, 6.45) is 4.24. The molecule has 0 aliphatic heterocycles. The van der Waals surface area contributed by atoms with Crippen LogP contribution in [0.4, 0.5) is 23.4 Å². The number of nitrogens with zero attached hydrogens (tertiary/aromatic N) is 5. The molecule has 0 unspecified atom stereocenters. The van der Waals surface area contributed by atoms with E-state index in [4.69, 9.17) is 0 Å². The second-order valence-electron chi connectivity index (χ2n) is 6.90. The van der Waals surface area contributed by atoms with E-state index in [1.807, 2.05) is 17.5 Å². The summed E-state index contributed by atoms with van der Waals surface area (Å²) in [4.78, 5) is 18.0. The zero-order valence-electron chi connectivity index (χ0n) is 16.5. The number of aromatic nitrogens is 5. The van der Waals surface area contributed by atoms with Crippen LogP contribution < -0.4 is 5.32 Å². The minimum absolute atomic E-state index is 0.0615. The van der Waals surface area contributed by atoms with Crippen LogP contribution in [0.3, 0.4) is 0 Å². The predicted molar refractivity (Wildman–Crippen MR) is 112 cm³/mol. The molecule has 0 saturated carbocycles. The van der Waals surface area contributed by atoms with E-state index >= 15 is 0 Å². The summed E-state index contributed by atoms with van der Waals surface area (Å²) >= 11 is 1.52. The van der Waals surface area contributed by atoms with Crippen molar-refractivity contribution in [2.75, 3.05) is 5.32 Å². The summed E-state index contributed by atoms with van der Waals surface area (Å²) in [5, 5.41) is 12.7. The number of halogens is 4. The van der Waals surface area contributed by atoms with E-state index in [-0.39, 0.29) is 17.4 Å². The molecule has 5 aromatic rings. The van der Waals surface area contributed by atoms with Gasteiger partial charge in [-0.3, -0.25) is 9.48 Å². The highest BCUT2D eigenvalue weighted by Crippen LogP contribution is 2.25. The van der Waals surface area contributed by atoms with Crippen LogP contribution in [0.5, 0.6) is 0 Å². The van der Waals surface area contributed by atoms with E-state index < -0.39 is 41.3 Å². The summed E-state index contributed by atoms with van der Waals surface area (Å²) in [6, 6.07) is 7.11. The zero-order chi connectivity index (χ0) is 23.1. The molecule has 166 valence electrons. The molecule has 1 amide bonds. The summed E-state index contributed by atoms with van der Waals surface area (Å²) in [6.45, 7) is -0.579. The lowest BCUT2D eigenvalue weighted by Gasteiger charge is -2.07. The first-order valence-corrected chi connectivity index (χ1v) is 10.3. The van der Waals surface area contributed by atoms with Crippen LogP contribution in [-0.4, -0.2) is 30.3 Å². The summed E-state index contributed by atoms with van der Waals surface area (Å²) in [5.41, 5.74) is 0.468. The quantitative estimate of drug-likeness (QED) is 0.302. The first kappa shape index (κ1) is 20.8. The lowest BCUT2D eigenvalue weighted by atomic mass is 10.2. The highest BCUT2D eigenvalue weighted by molar-refractivity contribution is 7.13. The Bertz CT molecular complexity index is 1470. The van der Waals surface area contributed by atoms with Crippen molar-refractivity contribution in [1.29, 1.82) is 0 Å². The Kier molecular flexibility index (Phi) is 5.13. The molecule has 0 spiro atoms. The average molecular weight is 472 g/mol. The number of fused-ring (bicyclic) bond motifs is 1. The summed E-state index contributed by atoms with van der Waals surface area (Å²) < 4.78 is 57.2. The predicted octanol–water partition coefficient (Wildman–Crippen LogP) is 4.51. The molecule has 7 nitrogen and oxygen atoms in total. The Morgan fingerprint density at radius 2 is 1.88 bits per heavy atom. The number of carbonyl (C=O) groups is 1. The molecule has 33 heavy (non-hydrogen) atoms. The van der Waals surface area contributed by atoms with Crippen molar-refractivity contribution < 1.29 is 22.4 Å². The molecule has 0 bridgehead atoms. The number of anilines is 1. The van der Waals surface area contributed by atoms with Crippen molar-refractivity contribution in [1.82, 2.24) is 24.4 Å². The Balaban J connectivity index is 1.38. The van der Waals surface area contributed by atoms with E-state index in [1.165, 1.54) is 29.8 Å². The van der Waals surface area contributed by atoms with Gasteiger partial charge < -0.3 is 5.32 Å². The van der Waals surface area contributed by atoms with Crippen molar-refractivity contribution >= 4 is 28.7 Å². The van der Waals surface area contributed by atoms with Crippen LogP contribution in [0.25, 0.3) is 16.2 Å². The number of nitrogens with one attached hydrogen (secondary N) is 1.